The third kappa shape index (κ3) is 4.55. The van der Waals surface area contributed by atoms with Crippen molar-refractivity contribution >= 4 is 58.0 Å². The van der Waals surface area contributed by atoms with Gasteiger partial charge in [-0.25, -0.2) is 4.90 Å². The fourth-order valence-electron chi connectivity index (χ4n) is 3.51. The van der Waals surface area contributed by atoms with E-state index >= 15 is 0 Å². The molecule has 0 unspecified atom stereocenters. The van der Waals surface area contributed by atoms with Gasteiger partial charge in [0.15, 0.2) is 0 Å². The number of hydrogen-bond acceptors (Lipinski definition) is 4. The summed E-state index contributed by atoms with van der Waals surface area (Å²) in [4.78, 5) is 39.5. The van der Waals surface area contributed by atoms with Gasteiger partial charge in [0, 0.05) is 22.0 Å². The Morgan fingerprint density at radius 3 is 2.32 bits per heavy atom. The maximum atomic E-state index is 13.0. The molecule has 0 saturated heterocycles. The Balaban J connectivity index is 1.56. The molecule has 3 aromatic carbocycles. The zero-order valence-electron chi connectivity index (χ0n) is 18.7. The van der Waals surface area contributed by atoms with Crippen LogP contribution in [0.4, 0.5) is 17.1 Å². The minimum absolute atomic E-state index is 0.0737. The average molecular weight is 494 g/mol. The van der Waals surface area contributed by atoms with E-state index in [4.69, 9.17) is 23.2 Å². The summed E-state index contributed by atoms with van der Waals surface area (Å²) >= 11 is 12.4. The number of nitrogens with zero attached hydrogens (tertiary/aromatic N) is 1. The van der Waals surface area contributed by atoms with Crippen LogP contribution in [0.2, 0.25) is 5.02 Å². The zero-order valence-corrected chi connectivity index (χ0v) is 20.2. The minimum Gasteiger partial charge on any atom is -0.350 e. The number of hydrogen-bond donors (Lipinski definition) is 2. The van der Waals surface area contributed by atoms with E-state index in [1.165, 1.54) is 6.07 Å². The Hall–Kier alpha value is -3.61. The normalized spacial score (nSPS) is 13.5. The van der Waals surface area contributed by atoms with Gasteiger partial charge >= 0.3 is 0 Å². The van der Waals surface area contributed by atoms with Crippen LogP contribution in [0, 0.1) is 20.8 Å². The first kappa shape index (κ1) is 23.5. The van der Waals surface area contributed by atoms with Crippen molar-refractivity contribution in [3.63, 3.8) is 0 Å². The van der Waals surface area contributed by atoms with E-state index < -0.39 is 11.8 Å². The molecule has 0 fully saturated rings. The van der Waals surface area contributed by atoms with Crippen LogP contribution in [0.3, 0.4) is 0 Å². The van der Waals surface area contributed by atoms with Crippen LogP contribution in [0.25, 0.3) is 0 Å². The van der Waals surface area contributed by atoms with Crippen LogP contribution in [-0.2, 0) is 9.59 Å². The molecule has 2 N–H and O–H groups in total. The molecule has 172 valence electrons. The Morgan fingerprint density at radius 2 is 1.59 bits per heavy atom. The molecular weight excluding hydrogens is 473 g/mol. The summed E-state index contributed by atoms with van der Waals surface area (Å²) < 4.78 is 0. The maximum absolute atomic E-state index is 13.0. The number of carbonyl (C=O) groups excluding carboxylic acids is 3. The number of halogens is 2. The fourth-order valence-corrected chi connectivity index (χ4v) is 3.90. The zero-order chi connectivity index (χ0) is 24.6. The third-order valence-corrected chi connectivity index (χ3v) is 6.23. The van der Waals surface area contributed by atoms with Gasteiger partial charge in [-0.15, -0.1) is 0 Å². The molecule has 0 spiro atoms. The van der Waals surface area contributed by atoms with E-state index in [1.54, 1.807) is 36.4 Å². The Morgan fingerprint density at radius 1 is 0.853 bits per heavy atom. The van der Waals surface area contributed by atoms with E-state index in [2.05, 4.69) is 10.6 Å². The Bertz CT molecular complexity index is 1380. The largest absolute Gasteiger partial charge is 0.350 e. The highest BCUT2D eigenvalue weighted by Gasteiger charge is 2.39. The number of benzene rings is 3. The first-order valence-corrected chi connectivity index (χ1v) is 11.2. The molecule has 1 aliphatic rings. The molecule has 34 heavy (non-hydrogen) atoms. The summed E-state index contributed by atoms with van der Waals surface area (Å²) in [6.07, 6.45) is 0. The summed E-state index contributed by atoms with van der Waals surface area (Å²) in [5.41, 5.74) is 4.57. The van der Waals surface area contributed by atoms with Crippen LogP contribution < -0.4 is 15.5 Å². The standard InChI is InChI=1S/C26H21Cl2N3O3/c1-14-7-8-16(3)21(11-14)30-24(32)17-5-4-6-18(12-17)29-23-22(28)25(33)31(26(23)34)19-10-9-15(2)20(27)13-19/h4-13,29H,1-3H3,(H,30,32). The molecule has 0 radical (unpaired) electrons. The lowest BCUT2D eigenvalue weighted by Gasteiger charge is -2.16. The number of anilines is 3. The summed E-state index contributed by atoms with van der Waals surface area (Å²) in [6, 6.07) is 17.3. The van der Waals surface area contributed by atoms with E-state index in [0.717, 1.165) is 27.3 Å². The summed E-state index contributed by atoms with van der Waals surface area (Å²) in [6.45, 7) is 5.68. The van der Waals surface area contributed by atoms with Crippen molar-refractivity contribution in [2.75, 3.05) is 15.5 Å². The van der Waals surface area contributed by atoms with Crippen LogP contribution in [0.1, 0.15) is 27.0 Å². The van der Waals surface area contributed by atoms with Gasteiger partial charge in [0.25, 0.3) is 17.7 Å². The summed E-state index contributed by atoms with van der Waals surface area (Å²) in [7, 11) is 0. The van der Waals surface area contributed by atoms with Crippen molar-refractivity contribution in [3.8, 4) is 0 Å². The number of amides is 3. The quantitative estimate of drug-likeness (QED) is 0.430. The molecule has 1 heterocycles. The van der Waals surface area contributed by atoms with E-state index in [0.29, 0.717) is 22.0 Å². The molecule has 3 aromatic rings. The van der Waals surface area contributed by atoms with Crippen molar-refractivity contribution in [1.82, 2.24) is 0 Å². The third-order valence-electron chi connectivity index (χ3n) is 5.48. The van der Waals surface area contributed by atoms with Gasteiger partial charge in [-0.3, -0.25) is 14.4 Å². The van der Waals surface area contributed by atoms with Gasteiger partial charge in [0.1, 0.15) is 10.7 Å². The molecule has 0 aliphatic carbocycles. The van der Waals surface area contributed by atoms with E-state index in [9.17, 15) is 14.4 Å². The summed E-state index contributed by atoms with van der Waals surface area (Å²) in [5.74, 6) is -1.57. The van der Waals surface area contributed by atoms with Crippen molar-refractivity contribution in [2.24, 2.45) is 0 Å². The molecular formula is C26H21Cl2N3O3. The lowest BCUT2D eigenvalue weighted by Crippen LogP contribution is -2.32. The Labute approximate surface area is 207 Å². The highest BCUT2D eigenvalue weighted by Crippen LogP contribution is 2.32. The molecule has 6 nitrogen and oxygen atoms in total. The van der Waals surface area contributed by atoms with Gasteiger partial charge in [-0.1, -0.05) is 47.5 Å². The second kappa shape index (κ2) is 9.33. The predicted molar refractivity (Wildman–Crippen MR) is 135 cm³/mol. The van der Waals surface area contributed by atoms with Gasteiger partial charge in [-0.2, -0.15) is 0 Å². The maximum Gasteiger partial charge on any atom is 0.283 e. The molecule has 0 atom stereocenters. The number of aryl methyl sites for hydroxylation is 3. The van der Waals surface area contributed by atoms with Crippen molar-refractivity contribution < 1.29 is 14.4 Å². The van der Waals surface area contributed by atoms with Gasteiger partial charge in [-0.05, 0) is 73.9 Å². The monoisotopic (exact) mass is 493 g/mol. The predicted octanol–water partition coefficient (Wildman–Crippen LogP) is 5.95. The van der Waals surface area contributed by atoms with Gasteiger partial charge in [0.05, 0.1) is 5.69 Å². The number of carbonyl (C=O) groups is 3. The second-order valence-electron chi connectivity index (χ2n) is 8.05. The van der Waals surface area contributed by atoms with E-state index in [1.807, 2.05) is 39.0 Å². The smallest absolute Gasteiger partial charge is 0.283 e. The molecule has 0 bridgehead atoms. The number of nitrogens with one attached hydrogen (secondary N) is 2. The van der Waals surface area contributed by atoms with Crippen molar-refractivity contribution in [3.05, 3.63) is 98.7 Å². The van der Waals surface area contributed by atoms with E-state index in [-0.39, 0.29) is 16.6 Å². The molecule has 4 rings (SSSR count). The van der Waals surface area contributed by atoms with Gasteiger partial charge < -0.3 is 10.6 Å². The summed E-state index contributed by atoms with van der Waals surface area (Å²) in [5, 5.41) is 5.99. The number of rotatable bonds is 5. The van der Waals surface area contributed by atoms with Crippen LogP contribution >= 0.6 is 23.2 Å². The molecule has 0 saturated carbocycles. The van der Waals surface area contributed by atoms with Crippen molar-refractivity contribution in [1.29, 1.82) is 0 Å². The Kier molecular flexibility index (Phi) is 6.46. The van der Waals surface area contributed by atoms with Gasteiger partial charge in [0.2, 0.25) is 0 Å². The van der Waals surface area contributed by atoms with Crippen LogP contribution in [0.5, 0.6) is 0 Å². The first-order chi connectivity index (χ1) is 16.2. The van der Waals surface area contributed by atoms with Crippen molar-refractivity contribution in [2.45, 2.75) is 20.8 Å². The molecule has 3 amide bonds. The molecule has 8 heteroatoms. The molecule has 1 aliphatic heterocycles. The highest BCUT2D eigenvalue weighted by atomic mass is 35.5. The fraction of sp³-hybridized carbons (Fsp3) is 0.115. The lowest BCUT2D eigenvalue weighted by molar-refractivity contribution is -0.120. The second-order valence-corrected chi connectivity index (χ2v) is 8.83. The molecule has 0 aromatic heterocycles. The minimum atomic E-state index is -0.655. The van der Waals surface area contributed by atoms with Crippen LogP contribution in [0.15, 0.2) is 71.4 Å². The van der Waals surface area contributed by atoms with Crippen LogP contribution in [-0.4, -0.2) is 17.7 Å². The SMILES string of the molecule is Cc1ccc(C)c(NC(=O)c2cccc(NC3=C(Cl)C(=O)N(c4ccc(C)c(Cl)c4)C3=O)c2)c1. The number of imide groups is 1. The topological polar surface area (TPSA) is 78.5 Å². The highest BCUT2D eigenvalue weighted by molar-refractivity contribution is 6.53. The first-order valence-electron chi connectivity index (χ1n) is 10.5. The average Bonchev–Trinajstić information content (AvgIpc) is 3.01. The lowest BCUT2D eigenvalue weighted by atomic mass is 10.1.